The molecule has 0 bridgehead atoms. The Hall–Kier alpha value is -3.68. The molecule has 0 amide bonds. The van der Waals surface area contributed by atoms with Crippen LogP contribution in [0.2, 0.25) is 0 Å². The first-order valence-electron chi connectivity index (χ1n) is 13.1. The molecule has 0 radical (unpaired) electrons. The smallest absolute Gasteiger partial charge is 0.146 e. The van der Waals surface area contributed by atoms with Gasteiger partial charge in [0.05, 0.1) is 13.2 Å². The molecule has 4 aromatic rings. The third kappa shape index (κ3) is 7.68. The Kier molecular flexibility index (Phi) is 10.5. The highest BCUT2D eigenvalue weighted by molar-refractivity contribution is 5.88. The van der Waals surface area contributed by atoms with Gasteiger partial charge in [-0.05, 0) is 46.5 Å². The molecule has 39 heavy (non-hydrogen) atoms. The summed E-state index contributed by atoms with van der Waals surface area (Å²) in [6.45, 7) is 7.88. The van der Waals surface area contributed by atoms with Gasteiger partial charge < -0.3 is 29.2 Å². The number of hydrogen-bond acceptors (Lipinski definition) is 6. The second-order valence-electron chi connectivity index (χ2n) is 9.30. The lowest BCUT2D eigenvalue weighted by Gasteiger charge is -2.17. The van der Waals surface area contributed by atoms with Crippen LogP contribution in [0.3, 0.4) is 0 Å². The summed E-state index contributed by atoms with van der Waals surface area (Å²) >= 11 is 0. The lowest BCUT2D eigenvalue weighted by atomic mass is 10.0. The fourth-order valence-electron chi connectivity index (χ4n) is 4.51. The fraction of sp³-hybridized carbons (Fsp3) is 0.273. The summed E-state index contributed by atoms with van der Waals surface area (Å²) in [6.07, 6.45) is 3.35. The maximum absolute atomic E-state index is 10.3. The molecule has 0 aliphatic carbocycles. The zero-order valence-electron chi connectivity index (χ0n) is 22.1. The molecule has 2 N–H and O–H groups in total. The number of aliphatic hydroxyl groups is 2. The Balaban J connectivity index is 1.17. The van der Waals surface area contributed by atoms with E-state index in [1.54, 1.807) is 0 Å². The van der Waals surface area contributed by atoms with E-state index < -0.39 is 12.2 Å². The SMILES string of the molecule is C=CCc1c(OCC(O)COCOCC(O)COc2ccc3ccccc3c2CC=C)ccc2ccccc12. The highest BCUT2D eigenvalue weighted by atomic mass is 16.7. The first-order valence-corrected chi connectivity index (χ1v) is 13.1. The van der Waals surface area contributed by atoms with Crippen molar-refractivity contribution in [1.29, 1.82) is 0 Å². The Morgan fingerprint density at radius 2 is 1.03 bits per heavy atom. The molecule has 2 unspecified atom stereocenters. The second-order valence-corrected chi connectivity index (χ2v) is 9.30. The van der Waals surface area contributed by atoms with Crippen molar-refractivity contribution in [3.63, 3.8) is 0 Å². The highest BCUT2D eigenvalue weighted by Gasteiger charge is 2.13. The van der Waals surface area contributed by atoms with E-state index in [4.69, 9.17) is 18.9 Å². The minimum Gasteiger partial charge on any atom is -0.490 e. The van der Waals surface area contributed by atoms with Crippen molar-refractivity contribution in [3.8, 4) is 11.5 Å². The van der Waals surface area contributed by atoms with Crippen LogP contribution < -0.4 is 9.47 Å². The number of fused-ring (bicyclic) bond motifs is 2. The minimum absolute atomic E-state index is 0.0406. The van der Waals surface area contributed by atoms with E-state index in [2.05, 4.69) is 37.4 Å². The van der Waals surface area contributed by atoms with Gasteiger partial charge in [-0.2, -0.15) is 0 Å². The van der Waals surface area contributed by atoms with Gasteiger partial charge in [0.2, 0.25) is 0 Å². The van der Waals surface area contributed by atoms with E-state index in [1.807, 2.05) is 60.7 Å². The van der Waals surface area contributed by atoms with Crippen LogP contribution in [-0.2, 0) is 22.3 Å². The lowest BCUT2D eigenvalue weighted by Crippen LogP contribution is -2.27. The molecule has 0 heterocycles. The summed E-state index contributed by atoms with van der Waals surface area (Å²) in [6, 6.07) is 24.1. The van der Waals surface area contributed by atoms with Gasteiger partial charge in [-0.3, -0.25) is 0 Å². The zero-order chi connectivity index (χ0) is 27.5. The van der Waals surface area contributed by atoms with Crippen molar-refractivity contribution in [3.05, 3.63) is 109 Å². The molecule has 4 aromatic carbocycles. The molecule has 204 valence electrons. The average Bonchev–Trinajstić information content (AvgIpc) is 2.96. The van der Waals surface area contributed by atoms with E-state index in [-0.39, 0.29) is 33.2 Å². The van der Waals surface area contributed by atoms with Crippen LogP contribution in [0.25, 0.3) is 21.5 Å². The summed E-state index contributed by atoms with van der Waals surface area (Å²) < 4.78 is 22.6. The van der Waals surface area contributed by atoms with E-state index in [9.17, 15) is 10.2 Å². The van der Waals surface area contributed by atoms with E-state index in [0.717, 1.165) is 44.2 Å². The third-order valence-electron chi connectivity index (χ3n) is 6.34. The quantitative estimate of drug-likeness (QED) is 0.112. The van der Waals surface area contributed by atoms with Gasteiger partial charge in [0.25, 0.3) is 0 Å². The maximum Gasteiger partial charge on any atom is 0.146 e. The van der Waals surface area contributed by atoms with Crippen molar-refractivity contribution in [2.45, 2.75) is 25.0 Å². The fourth-order valence-corrected chi connectivity index (χ4v) is 4.51. The third-order valence-corrected chi connectivity index (χ3v) is 6.34. The van der Waals surface area contributed by atoms with E-state index in [0.29, 0.717) is 12.8 Å². The van der Waals surface area contributed by atoms with Gasteiger partial charge >= 0.3 is 0 Å². The van der Waals surface area contributed by atoms with Crippen molar-refractivity contribution in [2.75, 3.05) is 33.2 Å². The molecule has 0 saturated carbocycles. The highest BCUT2D eigenvalue weighted by Crippen LogP contribution is 2.30. The van der Waals surface area contributed by atoms with Gasteiger partial charge in [-0.1, -0.05) is 72.8 Å². The van der Waals surface area contributed by atoms with Crippen LogP contribution in [0.5, 0.6) is 11.5 Å². The molecule has 6 heteroatoms. The van der Waals surface area contributed by atoms with Crippen molar-refractivity contribution >= 4 is 21.5 Å². The number of benzene rings is 4. The lowest BCUT2D eigenvalue weighted by molar-refractivity contribution is -0.104. The van der Waals surface area contributed by atoms with Crippen LogP contribution >= 0.6 is 0 Å². The molecular weight excluding hydrogens is 492 g/mol. The van der Waals surface area contributed by atoms with Gasteiger partial charge in [-0.25, -0.2) is 0 Å². The number of rotatable bonds is 16. The molecule has 0 fully saturated rings. The normalized spacial score (nSPS) is 12.8. The molecule has 4 rings (SSSR count). The molecule has 0 aliphatic heterocycles. The molecular formula is C33H36O6. The summed E-state index contributed by atoms with van der Waals surface area (Å²) in [5, 5.41) is 25.1. The average molecular weight is 529 g/mol. The first-order chi connectivity index (χ1) is 19.1. The topological polar surface area (TPSA) is 77.4 Å². The summed E-state index contributed by atoms with van der Waals surface area (Å²) in [5.74, 6) is 1.43. The van der Waals surface area contributed by atoms with Gasteiger partial charge in [0.1, 0.15) is 43.7 Å². The second kappa shape index (κ2) is 14.5. The zero-order valence-corrected chi connectivity index (χ0v) is 22.1. The number of ether oxygens (including phenoxy) is 4. The number of allylic oxidation sites excluding steroid dienone is 2. The molecule has 0 aliphatic rings. The monoisotopic (exact) mass is 528 g/mol. The predicted molar refractivity (Wildman–Crippen MR) is 155 cm³/mol. The van der Waals surface area contributed by atoms with Gasteiger partial charge in [-0.15, -0.1) is 13.2 Å². The Labute approximate surface area is 229 Å². The summed E-state index contributed by atoms with van der Waals surface area (Å²) in [7, 11) is 0. The van der Waals surface area contributed by atoms with Crippen LogP contribution in [-0.4, -0.2) is 55.6 Å². The van der Waals surface area contributed by atoms with Gasteiger partial charge in [0, 0.05) is 11.1 Å². The van der Waals surface area contributed by atoms with Crippen molar-refractivity contribution in [1.82, 2.24) is 0 Å². The van der Waals surface area contributed by atoms with Crippen molar-refractivity contribution < 1.29 is 29.2 Å². The van der Waals surface area contributed by atoms with Crippen LogP contribution in [0.15, 0.2) is 98.1 Å². The predicted octanol–water partition coefficient (Wildman–Crippen LogP) is 5.62. The van der Waals surface area contributed by atoms with Crippen molar-refractivity contribution in [2.24, 2.45) is 0 Å². The Morgan fingerprint density at radius 3 is 1.46 bits per heavy atom. The first kappa shape index (κ1) is 28.3. The molecule has 2 atom stereocenters. The molecule has 0 saturated heterocycles. The standard InChI is InChI=1S/C33H36O6/c1-3-9-30-28-13-7-5-11-24(28)15-17-32(30)38-21-26(34)19-36-23-37-20-27(35)22-39-33-18-16-25-12-6-8-14-29(25)31(33)10-4-2/h3-8,11-18,26-27,34-35H,1-2,9-10,19-23H2. The number of aliphatic hydroxyl groups excluding tert-OH is 2. The largest absolute Gasteiger partial charge is 0.490 e. The molecule has 0 aromatic heterocycles. The summed E-state index contributed by atoms with van der Waals surface area (Å²) in [4.78, 5) is 0. The van der Waals surface area contributed by atoms with E-state index in [1.165, 1.54) is 0 Å². The molecule has 0 spiro atoms. The Morgan fingerprint density at radius 1 is 0.590 bits per heavy atom. The Bertz CT molecular complexity index is 1280. The maximum atomic E-state index is 10.3. The minimum atomic E-state index is -0.832. The van der Waals surface area contributed by atoms with E-state index >= 15 is 0 Å². The van der Waals surface area contributed by atoms with Gasteiger partial charge in [0.15, 0.2) is 0 Å². The summed E-state index contributed by atoms with van der Waals surface area (Å²) in [5.41, 5.74) is 2.08. The molecule has 6 nitrogen and oxygen atoms in total. The van der Waals surface area contributed by atoms with Crippen LogP contribution in [0.1, 0.15) is 11.1 Å². The van der Waals surface area contributed by atoms with Crippen LogP contribution in [0.4, 0.5) is 0 Å². The number of hydrogen-bond donors (Lipinski definition) is 2. The van der Waals surface area contributed by atoms with Crippen LogP contribution in [0, 0.1) is 0 Å².